The number of rotatable bonds is 6. The van der Waals surface area contributed by atoms with Crippen LogP contribution in [0.1, 0.15) is 25.7 Å². The van der Waals surface area contributed by atoms with Crippen molar-refractivity contribution in [1.29, 1.82) is 0 Å². The van der Waals surface area contributed by atoms with Gasteiger partial charge in [0.2, 0.25) is 11.8 Å². The highest BCUT2D eigenvalue weighted by atomic mass is 16.5. The van der Waals surface area contributed by atoms with Crippen molar-refractivity contribution in [3.8, 4) is 34.5 Å². The zero-order valence-corrected chi connectivity index (χ0v) is 21.0. The number of carbonyl (C=O) groups excluding carboxylic acids is 2. The fourth-order valence-electron chi connectivity index (χ4n) is 5.44. The minimum Gasteiger partial charge on any atom is -0.508 e. The van der Waals surface area contributed by atoms with Crippen molar-refractivity contribution in [3.63, 3.8) is 0 Å². The van der Waals surface area contributed by atoms with Crippen molar-refractivity contribution in [3.05, 3.63) is 97.1 Å². The van der Waals surface area contributed by atoms with Crippen LogP contribution in [-0.4, -0.2) is 27.7 Å². The number of ether oxygens (including phenoxy) is 2. The van der Waals surface area contributed by atoms with Crippen LogP contribution in [0.3, 0.4) is 0 Å². The largest absolute Gasteiger partial charge is 0.508 e. The van der Waals surface area contributed by atoms with Gasteiger partial charge >= 0.3 is 0 Å². The maximum absolute atomic E-state index is 13.2. The van der Waals surface area contributed by atoms with E-state index in [0.29, 0.717) is 60.1 Å². The lowest BCUT2D eigenvalue weighted by Crippen LogP contribution is -2.56. The van der Waals surface area contributed by atoms with E-state index >= 15 is 0 Å². The summed E-state index contributed by atoms with van der Waals surface area (Å²) < 4.78 is 11.7. The van der Waals surface area contributed by atoms with E-state index in [1.807, 2.05) is 24.3 Å². The van der Waals surface area contributed by atoms with E-state index in [9.17, 15) is 19.8 Å². The van der Waals surface area contributed by atoms with Crippen molar-refractivity contribution >= 4 is 23.2 Å². The summed E-state index contributed by atoms with van der Waals surface area (Å²) in [6.45, 7) is 0. The van der Waals surface area contributed by atoms with Gasteiger partial charge in [0, 0.05) is 36.3 Å². The van der Waals surface area contributed by atoms with E-state index in [-0.39, 0.29) is 23.3 Å². The van der Waals surface area contributed by atoms with Gasteiger partial charge in [-0.1, -0.05) is 12.1 Å². The smallest absolute Gasteiger partial charge is 0.229 e. The molecule has 2 N–H and O–H groups in total. The molecule has 2 heterocycles. The Morgan fingerprint density at radius 3 is 1.36 bits per heavy atom. The fourth-order valence-corrected chi connectivity index (χ4v) is 5.44. The number of hydrogen-bond acceptors (Lipinski definition) is 6. The summed E-state index contributed by atoms with van der Waals surface area (Å²) in [5, 5.41) is 19.4. The van der Waals surface area contributed by atoms with Gasteiger partial charge in [0.25, 0.3) is 0 Å². The summed E-state index contributed by atoms with van der Waals surface area (Å²) in [6.07, 6.45) is 1.73. The second-order valence-electron chi connectivity index (χ2n) is 9.63. The highest BCUT2D eigenvalue weighted by molar-refractivity contribution is 6.05. The van der Waals surface area contributed by atoms with Crippen LogP contribution in [0.15, 0.2) is 97.1 Å². The van der Waals surface area contributed by atoms with Gasteiger partial charge in [0.1, 0.15) is 40.2 Å². The highest BCUT2D eigenvalue weighted by Gasteiger charge is 2.56. The number of benzene rings is 4. The SMILES string of the molecule is O=C1CCC2(CCC(=O)N2c2ccc(Oc3cccc(O)c3)cc2)N1c1ccc(Oc2cccc(O)c2)cc1. The predicted molar refractivity (Wildman–Crippen MR) is 145 cm³/mol. The van der Waals surface area contributed by atoms with Crippen LogP contribution < -0.4 is 19.3 Å². The number of carbonyl (C=O) groups is 2. The number of phenols is 2. The zero-order valence-electron chi connectivity index (χ0n) is 21.0. The standard InChI is InChI=1S/C31H26N2O6/c34-23-3-1-5-27(19-23)38-25-11-7-21(8-12-25)32-29(36)15-17-31(32)18-16-30(37)33(31)22-9-13-26(14-10-22)39-28-6-2-4-24(35)20-28/h1-14,19-20,34-35H,15-18H2. The topological polar surface area (TPSA) is 99.5 Å². The van der Waals surface area contributed by atoms with E-state index in [4.69, 9.17) is 9.47 Å². The molecule has 39 heavy (non-hydrogen) atoms. The second-order valence-corrected chi connectivity index (χ2v) is 9.63. The maximum atomic E-state index is 13.2. The Morgan fingerprint density at radius 2 is 0.974 bits per heavy atom. The molecule has 4 aromatic rings. The molecule has 8 nitrogen and oxygen atoms in total. The molecule has 8 heteroatoms. The molecule has 2 amide bonds. The molecule has 0 radical (unpaired) electrons. The first kappa shape index (κ1) is 24.4. The molecule has 196 valence electrons. The Bertz CT molecular complexity index is 1420. The number of amides is 2. The van der Waals surface area contributed by atoms with Gasteiger partial charge < -0.3 is 19.7 Å². The monoisotopic (exact) mass is 522 g/mol. The number of anilines is 2. The third-order valence-electron chi connectivity index (χ3n) is 7.11. The van der Waals surface area contributed by atoms with Crippen LogP contribution in [0.4, 0.5) is 11.4 Å². The number of aromatic hydroxyl groups is 2. The first-order valence-corrected chi connectivity index (χ1v) is 12.7. The Kier molecular flexibility index (Phi) is 6.07. The van der Waals surface area contributed by atoms with Crippen LogP contribution >= 0.6 is 0 Å². The Balaban J connectivity index is 1.26. The van der Waals surface area contributed by atoms with Gasteiger partial charge in [-0.2, -0.15) is 0 Å². The molecule has 0 saturated carbocycles. The summed E-state index contributed by atoms with van der Waals surface area (Å²) in [5.41, 5.74) is 0.573. The third-order valence-corrected chi connectivity index (χ3v) is 7.11. The molecule has 2 aliphatic rings. The predicted octanol–water partition coefficient (Wildman–Crippen LogP) is 6.33. The van der Waals surface area contributed by atoms with Crippen molar-refractivity contribution in [2.24, 2.45) is 0 Å². The lowest BCUT2D eigenvalue weighted by atomic mass is 10.0. The lowest BCUT2D eigenvalue weighted by Gasteiger charge is -2.42. The zero-order chi connectivity index (χ0) is 27.0. The Morgan fingerprint density at radius 1 is 0.564 bits per heavy atom. The van der Waals surface area contributed by atoms with E-state index in [2.05, 4.69) is 0 Å². The lowest BCUT2D eigenvalue weighted by molar-refractivity contribution is -0.117. The number of phenolic OH excluding ortho intramolecular Hbond substituents is 2. The maximum Gasteiger partial charge on any atom is 0.229 e. The van der Waals surface area contributed by atoms with Crippen LogP contribution in [0.2, 0.25) is 0 Å². The molecule has 4 aromatic carbocycles. The summed E-state index contributed by atoms with van der Waals surface area (Å²) in [6, 6.07) is 27.4. The summed E-state index contributed by atoms with van der Waals surface area (Å²) in [4.78, 5) is 29.9. The molecule has 2 fully saturated rings. The number of hydrogen-bond donors (Lipinski definition) is 2. The molecular weight excluding hydrogens is 496 g/mol. The Hall–Kier alpha value is -4.98. The molecule has 0 aliphatic carbocycles. The van der Waals surface area contributed by atoms with Crippen molar-refractivity contribution < 1.29 is 29.3 Å². The average molecular weight is 523 g/mol. The average Bonchev–Trinajstić information content (AvgIpc) is 3.43. The molecule has 0 unspecified atom stereocenters. The minimum absolute atomic E-state index is 0.0415. The normalized spacial score (nSPS) is 16.2. The molecular formula is C31H26N2O6. The quantitative estimate of drug-likeness (QED) is 0.307. The molecule has 2 saturated heterocycles. The van der Waals surface area contributed by atoms with Crippen LogP contribution in [-0.2, 0) is 9.59 Å². The van der Waals surface area contributed by atoms with Crippen molar-refractivity contribution in [2.45, 2.75) is 31.3 Å². The molecule has 0 bridgehead atoms. The third kappa shape index (κ3) is 4.61. The van der Waals surface area contributed by atoms with Gasteiger partial charge in [-0.15, -0.1) is 0 Å². The van der Waals surface area contributed by atoms with E-state index in [1.165, 1.54) is 12.1 Å². The van der Waals surface area contributed by atoms with Crippen LogP contribution in [0, 0.1) is 0 Å². The highest BCUT2D eigenvalue weighted by Crippen LogP contribution is 2.47. The molecule has 0 aromatic heterocycles. The van der Waals surface area contributed by atoms with Gasteiger partial charge in [-0.3, -0.25) is 19.4 Å². The molecule has 1 spiro atoms. The molecule has 6 rings (SSSR count). The van der Waals surface area contributed by atoms with Gasteiger partial charge in [0.15, 0.2) is 0 Å². The molecule has 2 aliphatic heterocycles. The van der Waals surface area contributed by atoms with Crippen LogP contribution in [0.5, 0.6) is 34.5 Å². The molecule has 0 atom stereocenters. The second kappa shape index (κ2) is 9.72. The van der Waals surface area contributed by atoms with Crippen molar-refractivity contribution in [2.75, 3.05) is 9.80 Å². The van der Waals surface area contributed by atoms with Crippen molar-refractivity contribution in [1.82, 2.24) is 0 Å². The first-order valence-electron chi connectivity index (χ1n) is 12.7. The van der Waals surface area contributed by atoms with E-state index < -0.39 is 5.66 Å². The number of nitrogens with zero attached hydrogens (tertiary/aromatic N) is 2. The van der Waals surface area contributed by atoms with Crippen LogP contribution in [0.25, 0.3) is 0 Å². The first-order chi connectivity index (χ1) is 18.9. The van der Waals surface area contributed by atoms with Gasteiger partial charge in [0.05, 0.1) is 0 Å². The minimum atomic E-state index is -0.796. The fraction of sp³-hybridized carbons (Fsp3) is 0.161. The summed E-state index contributed by atoms with van der Waals surface area (Å²) >= 11 is 0. The van der Waals surface area contributed by atoms with E-state index in [1.54, 1.807) is 70.5 Å². The summed E-state index contributed by atoms with van der Waals surface area (Å²) in [5.74, 6) is 2.26. The Labute approximate surface area is 225 Å². The van der Waals surface area contributed by atoms with Gasteiger partial charge in [-0.05, 0) is 85.6 Å². The summed E-state index contributed by atoms with van der Waals surface area (Å²) in [7, 11) is 0. The van der Waals surface area contributed by atoms with Gasteiger partial charge in [-0.25, -0.2) is 0 Å². The van der Waals surface area contributed by atoms with E-state index in [0.717, 1.165) is 0 Å².